The fourth-order valence-electron chi connectivity index (χ4n) is 6.66. The van der Waals surface area contributed by atoms with Gasteiger partial charge in [0, 0.05) is 50.3 Å². The van der Waals surface area contributed by atoms with Crippen LogP contribution in [0.2, 0.25) is 0 Å². The van der Waals surface area contributed by atoms with Crippen LogP contribution in [0.5, 0.6) is 0 Å². The second-order valence-corrected chi connectivity index (χ2v) is 15.1. The van der Waals surface area contributed by atoms with Gasteiger partial charge in [-0.3, -0.25) is 4.98 Å². The van der Waals surface area contributed by atoms with Crippen LogP contribution in [0.3, 0.4) is 0 Å². The normalized spacial score (nSPS) is 11.0. The first-order valence-corrected chi connectivity index (χ1v) is 18.5. The Hall–Kier alpha value is -5.54. The number of rotatable bonds is 5. The molecule has 8 rings (SSSR count). The van der Waals surface area contributed by atoms with Crippen molar-refractivity contribution in [2.24, 2.45) is 0 Å². The van der Waals surface area contributed by atoms with E-state index in [1.807, 2.05) is 36.9 Å². The van der Waals surface area contributed by atoms with Crippen LogP contribution >= 0.6 is 0 Å². The summed E-state index contributed by atoms with van der Waals surface area (Å²) in [6.07, 6.45) is 7.67. The summed E-state index contributed by atoms with van der Waals surface area (Å²) < 4.78 is 0. The van der Waals surface area contributed by atoms with E-state index in [9.17, 15) is 0 Å². The van der Waals surface area contributed by atoms with Crippen molar-refractivity contribution in [2.75, 3.05) is 0 Å². The van der Waals surface area contributed by atoms with Crippen molar-refractivity contribution < 1.29 is 20.1 Å². The Balaban J connectivity index is 0.000000202. The first-order chi connectivity index (χ1) is 26.0. The van der Waals surface area contributed by atoms with Gasteiger partial charge in [0.2, 0.25) is 0 Å². The third-order valence-electron chi connectivity index (χ3n) is 10.1. The number of hydrogen-bond donors (Lipinski definition) is 0. The summed E-state index contributed by atoms with van der Waals surface area (Å²) in [7, 11) is 0. The second kappa shape index (κ2) is 16.9. The van der Waals surface area contributed by atoms with E-state index in [0.717, 1.165) is 33.5 Å². The number of nitrogens with zero attached hydrogens (tertiary/aromatic N) is 3. The van der Waals surface area contributed by atoms with Crippen LogP contribution in [0.1, 0.15) is 48.6 Å². The van der Waals surface area contributed by atoms with Crippen molar-refractivity contribution in [2.45, 2.75) is 53.9 Å². The van der Waals surface area contributed by atoms with Crippen LogP contribution in [0.4, 0.5) is 0 Å². The molecule has 0 saturated heterocycles. The smallest absolute Gasteiger partial charge is 0.0352 e. The maximum absolute atomic E-state index is 4.64. The van der Waals surface area contributed by atoms with Gasteiger partial charge >= 0.3 is 0 Å². The first kappa shape index (κ1) is 39.2. The van der Waals surface area contributed by atoms with Crippen LogP contribution in [0.15, 0.2) is 146 Å². The van der Waals surface area contributed by atoms with Gasteiger partial charge in [0.05, 0.1) is 0 Å². The largest absolute Gasteiger partial charge is 0.305 e. The Bertz CT molecular complexity index is 2570. The quantitative estimate of drug-likeness (QED) is 0.162. The van der Waals surface area contributed by atoms with Crippen molar-refractivity contribution in [3.8, 4) is 55.9 Å². The van der Waals surface area contributed by atoms with Crippen LogP contribution < -0.4 is 0 Å². The molecule has 0 unspecified atom stereocenters. The summed E-state index contributed by atoms with van der Waals surface area (Å²) in [6, 6.07) is 49.3. The molecule has 0 aliphatic carbocycles. The number of pyridine rings is 3. The predicted octanol–water partition coefficient (Wildman–Crippen LogP) is 13.2. The van der Waals surface area contributed by atoms with Gasteiger partial charge in [-0.15, -0.1) is 64.7 Å². The average molecular weight is 892 g/mol. The summed E-state index contributed by atoms with van der Waals surface area (Å²) in [6.45, 7) is 15.1. The third kappa shape index (κ3) is 8.89. The van der Waals surface area contributed by atoms with Crippen LogP contribution in [0, 0.1) is 39.8 Å². The molecule has 8 aromatic rings. The standard InChI is InChI=1S/C31H27N2.C20H18N.Ir/c1-21-8-10-22(11-9-21)26-12-13-27(28-15-16-32-20-29(26)28)23-6-5-7-24(18-23)30-19-25(14-17-33-30)31(2,3)4;1-14-9-10-18(20-11-15(2)16(3)13-21-20)12-19(14)17-7-5-4-6-8-17;/h5-6,8-20H,1-4H3;4-9,11-13H,1-3H3;/q2*-1;. The number of aryl methyl sites for hydroxylation is 4. The number of hydrogen-bond acceptors (Lipinski definition) is 3. The van der Waals surface area contributed by atoms with E-state index in [2.05, 4.69) is 185 Å². The van der Waals surface area contributed by atoms with E-state index in [0.29, 0.717) is 0 Å². The van der Waals surface area contributed by atoms with Gasteiger partial charge in [0.15, 0.2) is 0 Å². The van der Waals surface area contributed by atoms with Crippen molar-refractivity contribution in [3.05, 3.63) is 186 Å². The van der Waals surface area contributed by atoms with Crippen LogP contribution in [-0.2, 0) is 25.5 Å². The summed E-state index contributed by atoms with van der Waals surface area (Å²) in [4.78, 5) is 13.6. The molecule has 0 atom stereocenters. The van der Waals surface area contributed by atoms with Gasteiger partial charge in [0.1, 0.15) is 0 Å². The van der Waals surface area contributed by atoms with Gasteiger partial charge in [0.25, 0.3) is 0 Å². The number of aromatic nitrogens is 3. The third-order valence-corrected chi connectivity index (χ3v) is 10.1. The van der Waals surface area contributed by atoms with E-state index < -0.39 is 0 Å². The molecular weight excluding hydrogens is 847 g/mol. The molecule has 0 fully saturated rings. The Morgan fingerprint density at radius 3 is 1.93 bits per heavy atom. The summed E-state index contributed by atoms with van der Waals surface area (Å²) in [5.41, 5.74) is 17.5. The average Bonchev–Trinajstić information content (AvgIpc) is 3.19. The Kier molecular flexibility index (Phi) is 12.0. The maximum Gasteiger partial charge on any atom is 0.0352 e. The fraction of sp³-hybridized carbons (Fsp3) is 0.157. The van der Waals surface area contributed by atoms with Gasteiger partial charge < -0.3 is 9.97 Å². The molecule has 0 N–H and O–H groups in total. The Labute approximate surface area is 340 Å². The fourth-order valence-corrected chi connectivity index (χ4v) is 6.66. The predicted molar refractivity (Wildman–Crippen MR) is 226 cm³/mol. The monoisotopic (exact) mass is 892 g/mol. The summed E-state index contributed by atoms with van der Waals surface area (Å²) in [5, 5.41) is 2.35. The van der Waals surface area contributed by atoms with Crippen LogP contribution in [-0.4, -0.2) is 15.0 Å². The minimum absolute atomic E-state index is 0. The van der Waals surface area contributed by atoms with Crippen molar-refractivity contribution in [1.82, 2.24) is 15.0 Å². The molecule has 55 heavy (non-hydrogen) atoms. The van der Waals surface area contributed by atoms with E-state index in [1.54, 1.807) is 0 Å². The molecule has 275 valence electrons. The topological polar surface area (TPSA) is 38.7 Å². The first-order valence-electron chi connectivity index (χ1n) is 18.5. The summed E-state index contributed by atoms with van der Waals surface area (Å²) in [5.74, 6) is 0. The van der Waals surface area contributed by atoms with E-state index in [-0.39, 0.29) is 25.5 Å². The number of benzene rings is 5. The zero-order valence-electron chi connectivity index (χ0n) is 32.5. The zero-order chi connectivity index (χ0) is 37.8. The molecule has 3 heterocycles. The van der Waals surface area contributed by atoms with E-state index >= 15 is 0 Å². The Morgan fingerprint density at radius 2 is 1.20 bits per heavy atom. The molecule has 0 saturated carbocycles. The minimum atomic E-state index is 0. The molecule has 0 aliphatic heterocycles. The molecule has 1 radical (unpaired) electrons. The minimum Gasteiger partial charge on any atom is -0.305 e. The molecule has 0 spiro atoms. The molecule has 3 nitrogen and oxygen atoms in total. The van der Waals surface area contributed by atoms with Gasteiger partial charge in [-0.2, -0.15) is 0 Å². The molecular formula is C51H45IrN3-2. The van der Waals surface area contributed by atoms with Crippen LogP contribution in [0.25, 0.3) is 66.7 Å². The van der Waals surface area contributed by atoms with Crippen molar-refractivity contribution in [1.29, 1.82) is 0 Å². The molecule has 0 bridgehead atoms. The molecule has 0 amide bonds. The van der Waals surface area contributed by atoms with Gasteiger partial charge in [-0.25, -0.2) is 0 Å². The zero-order valence-corrected chi connectivity index (χ0v) is 34.9. The number of fused-ring (bicyclic) bond motifs is 1. The maximum atomic E-state index is 4.64. The molecule has 4 heteroatoms. The van der Waals surface area contributed by atoms with Gasteiger partial charge in [-0.1, -0.05) is 123 Å². The molecule has 0 aliphatic rings. The Morgan fingerprint density at radius 1 is 0.509 bits per heavy atom. The summed E-state index contributed by atoms with van der Waals surface area (Å²) >= 11 is 0. The van der Waals surface area contributed by atoms with Crippen molar-refractivity contribution in [3.63, 3.8) is 0 Å². The van der Waals surface area contributed by atoms with E-state index in [1.165, 1.54) is 61.0 Å². The molecule has 5 aromatic carbocycles. The SMILES string of the molecule is Cc1ccc(-c2ccc(-c3cc[c-]c(-c4cc(C(C)(C)C)ccn4)c3)c3ccncc23)cc1.Cc1cnc(-c2[c-]cc(C)c(-c3ccccc3)c2)cc1C.[Ir]. The molecule has 3 aromatic heterocycles. The van der Waals surface area contributed by atoms with Gasteiger partial charge in [-0.05, 0) is 88.5 Å². The van der Waals surface area contributed by atoms with Crippen molar-refractivity contribution >= 4 is 10.8 Å². The van der Waals surface area contributed by atoms with E-state index in [4.69, 9.17) is 0 Å². The second-order valence-electron chi connectivity index (χ2n) is 15.1.